The molecule has 0 bridgehead atoms. The molecular weight excluding hydrogens is 605 g/mol. The van der Waals surface area contributed by atoms with Gasteiger partial charge in [0.1, 0.15) is 5.82 Å². The Labute approximate surface area is 294 Å². The van der Waals surface area contributed by atoms with E-state index in [1.807, 2.05) is 0 Å². The van der Waals surface area contributed by atoms with Gasteiger partial charge in [-0.05, 0) is 112 Å². The number of amides is 1. The number of nitrogens with zero attached hydrogens (tertiary/aromatic N) is 3. The summed E-state index contributed by atoms with van der Waals surface area (Å²) in [4.78, 5) is 20.4. The zero-order valence-electron chi connectivity index (χ0n) is 31.0. The van der Waals surface area contributed by atoms with Crippen LogP contribution in [0.4, 0.5) is 17.1 Å². The van der Waals surface area contributed by atoms with Crippen molar-refractivity contribution in [2.75, 3.05) is 43.1 Å². The molecule has 0 radical (unpaired) electrons. The summed E-state index contributed by atoms with van der Waals surface area (Å²) < 4.78 is 2.46. The van der Waals surface area contributed by atoms with Gasteiger partial charge in [0.15, 0.2) is 0 Å². The van der Waals surface area contributed by atoms with Gasteiger partial charge in [-0.2, -0.15) is 0 Å². The highest BCUT2D eigenvalue weighted by molar-refractivity contribution is 6.20. The highest BCUT2D eigenvalue weighted by atomic mass is 16.1. The second kappa shape index (κ2) is 16.5. The Bertz CT molecular complexity index is 1750. The van der Waals surface area contributed by atoms with E-state index in [0.29, 0.717) is 5.92 Å². The molecule has 1 fully saturated rings. The largest absolute Gasteiger partial charge is 0.382 e. The average Bonchev–Trinajstić information content (AvgIpc) is 3.46. The van der Waals surface area contributed by atoms with Crippen LogP contribution < -0.4 is 16.0 Å². The predicted octanol–water partition coefficient (Wildman–Crippen LogP) is 9.88. The molecule has 1 atom stereocenters. The number of para-hydroxylation sites is 1. The van der Waals surface area contributed by atoms with Crippen LogP contribution in [-0.4, -0.2) is 48.3 Å². The van der Waals surface area contributed by atoms with Gasteiger partial charge in [0.25, 0.3) is 0 Å². The van der Waals surface area contributed by atoms with E-state index in [1.54, 1.807) is 0 Å². The van der Waals surface area contributed by atoms with Crippen LogP contribution in [0, 0.1) is 5.92 Å². The van der Waals surface area contributed by atoms with Gasteiger partial charge in [-0.15, -0.1) is 0 Å². The lowest BCUT2D eigenvalue weighted by Gasteiger charge is -2.27. The van der Waals surface area contributed by atoms with Gasteiger partial charge in [0.2, 0.25) is 5.91 Å². The molecule has 3 aromatic rings. The number of hydrogen-bond acceptors (Lipinski definition) is 5. The number of allylic oxidation sites excluding steroid dienone is 3. The van der Waals surface area contributed by atoms with Gasteiger partial charge in [-0.25, -0.2) is 4.99 Å². The third-order valence-corrected chi connectivity index (χ3v) is 10.5. The Balaban J connectivity index is 1.66. The standard InChI is InChI=1S/C42H58N6O/c1-9-28(5)34-25-37(43-21-23-47(7)8)38(44-39(49)12-4)26-36(34)45-42(29(6)10-2)46-40(31(11-3)24-30-16-13-17-30)35-27-48-22-15-19-32-18-14-20-33(35)41(32)48/h11-12,14,18,20,25-28,30,43,45H,4,9-10,13,15-17,19,21-24H2,1-3,5-8H3,(H,44,49)/b31-11-,42-29+,46-40+. The zero-order chi connectivity index (χ0) is 35.1. The first-order valence-electron chi connectivity index (χ1n) is 18.5. The summed E-state index contributed by atoms with van der Waals surface area (Å²) in [6.45, 7) is 17.4. The van der Waals surface area contributed by atoms with Crippen LogP contribution in [0.5, 0.6) is 0 Å². The maximum atomic E-state index is 12.6. The van der Waals surface area contributed by atoms with Gasteiger partial charge in [-0.1, -0.05) is 70.9 Å². The van der Waals surface area contributed by atoms with Crippen molar-refractivity contribution in [2.24, 2.45) is 10.9 Å². The molecule has 49 heavy (non-hydrogen) atoms. The van der Waals surface area contributed by atoms with Gasteiger partial charge < -0.3 is 25.4 Å². The number of benzene rings is 2. The second-order valence-electron chi connectivity index (χ2n) is 14.3. The maximum Gasteiger partial charge on any atom is 0.247 e. The van der Waals surface area contributed by atoms with Crippen molar-refractivity contribution in [1.29, 1.82) is 0 Å². The van der Waals surface area contributed by atoms with E-state index in [2.05, 4.69) is 123 Å². The molecule has 2 aliphatic rings. The van der Waals surface area contributed by atoms with Crippen LogP contribution in [0.2, 0.25) is 0 Å². The van der Waals surface area contributed by atoms with E-state index in [4.69, 9.17) is 4.99 Å². The Kier molecular flexibility index (Phi) is 12.2. The molecule has 1 aliphatic carbocycles. The molecule has 1 saturated carbocycles. The minimum Gasteiger partial charge on any atom is -0.382 e. The molecular formula is C42H58N6O. The lowest BCUT2D eigenvalue weighted by Crippen LogP contribution is -2.22. The third kappa shape index (κ3) is 8.38. The molecule has 5 rings (SSSR count). The van der Waals surface area contributed by atoms with Crippen LogP contribution in [0.25, 0.3) is 10.9 Å². The van der Waals surface area contributed by atoms with Crippen LogP contribution >= 0.6 is 0 Å². The summed E-state index contributed by atoms with van der Waals surface area (Å²) in [5.74, 6) is 1.64. The van der Waals surface area contributed by atoms with Crippen molar-refractivity contribution in [2.45, 2.75) is 98.4 Å². The summed E-state index contributed by atoms with van der Waals surface area (Å²) >= 11 is 0. The number of nitrogens with one attached hydrogen (secondary N) is 3. The highest BCUT2D eigenvalue weighted by Crippen LogP contribution is 2.39. The summed E-state index contributed by atoms with van der Waals surface area (Å²) in [5.41, 5.74) is 11.4. The zero-order valence-corrected chi connectivity index (χ0v) is 31.0. The number of carbonyl (C=O) groups is 1. The smallest absolute Gasteiger partial charge is 0.247 e. The lowest BCUT2D eigenvalue weighted by atomic mass is 9.79. The van der Waals surface area contributed by atoms with Crippen LogP contribution in [0.15, 0.2) is 77.2 Å². The Morgan fingerprint density at radius 2 is 1.92 bits per heavy atom. The number of carbonyl (C=O) groups excluding carboxylic acids is 1. The predicted molar refractivity (Wildman–Crippen MR) is 210 cm³/mol. The lowest BCUT2D eigenvalue weighted by molar-refractivity contribution is -0.111. The number of aromatic nitrogens is 1. The van der Waals surface area contributed by atoms with Crippen LogP contribution in [0.1, 0.15) is 102 Å². The fourth-order valence-electron chi connectivity index (χ4n) is 6.95. The number of aliphatic imine (C=N–C) groups is 1. The maximum absolute atomic E-state index is 12.6. The van der Waals surface area contributed by atoms with Gasteiger partial charge in [-0.3, -0.25) is 4.79 Å². The molecule has 1 aliphatic heterocycles. The van der Waals surface area contributed by atoms with Crippen molar-refractivity contribution >= 4 is 39.6 Å². The number of rotatable bonds is 16. The molecule has 1 amide bonds. The average molecular weight is 663 g/mol. The van der Waals surface area contributed by atoms with E-state index in [9.17, 15) is 4.79 Å². The molecule has 0 spiro atoms. The summed E-state index contributed by atoms with van der Waals surface area (Å²) in [5, 5.41) is 11.8. The topological polar surface area (TPSA) is 73.7 Å². The number of anilines is 3. The van der Waals surface area contributed by atoms with Crippen molar-refractivity contribution in [1.82, 2.24) is 9.47 Å². The van der Waals surface area contributed by atoms with Crippen molar-refractivity contribution in [3.05, 3.63) is 88.9 Å². The van der Waals surface area contributed by atoms with E-state index in [1.165, 1.54) is 64.1 Å². The first-order chi connectivity index (χ1) is 23.7. The first-order valence-corrected chi connectivity index (χ1v) is 18.5. The Hall–Kier alpha value is -4.10. The molecule has 1 unspecified atom stereocenters. The van der Waals surface area contributed by atoms with E-state index >= 15 is 0 Å². The summed E-state index contributed by atoms with van der Waals surface area (Å²) in [7, 11) is 4.13. The van der Waals surface area contributed by atoms with Crippen LogP contribution in [-0.2, 0) is 17.8 Å². The van der Waals surface area contributed by atoms with Gasteiger partial charge in [0, 0.05) is 42.5 Å². The Morgan fingerprint density at radius 1 is 1.12 bits per heavy atom. The minimum absolute atomic E-state index is 0.236. The van der Waals surface area contributed by atoms with Crippen molar-refractivity contribution in [3.63, 3.8) is 0 Å². The summed E-state index contributed by atoms with van der Waals surface area (Å²) in [6.07, 6.45) is 15.1. The second-order valence-corrected chi connectivity index (χ2v) is 14.3. The van der Waals surface area contributed by atoms with Crippen LogP contribution in [0.3, 0.4) is 0 Å². The molecule has 2 heterocycles. The van der Waals surface area contributed by atoms with E-state index < -0.39 is 0 Å². The molecule has 7 nitrogen and oxygen atoms in total. The fraction of sp³-hybridized carbons (Fsp3) is 0.476. The first kappa shape index (κ1) is 36.2. The molecule has 2 aromatic carbocycles. The Morgan fingerprint density at radius 3 is 2.57 bits per heavy atom. The highest BCUT2D eigenvalue weighted by Gasteiger charge is 2.26. The number of hydrogen-bond donors (Lipinski definition) is 3. The van der Waals surface area contributed by atoms with E-state index in [-0.39, 0.29) is 11.8 Å². The number of aryl methyl sites for hydroxylation is 2. The van der Waals surface area contributed by atoms with E-state index in [0.717, 1.165) is 80.3 Å². The minimum atomic E-state index is -0.236. The van der Waals surface area contributed by atoms with Gasteiger partial charge in [0.05, 0.1) is 22.6 Å². The van der Waals surface area contributed by atoms with Crippen molar-refractivity contribution < 1.29 is 4.79 Å². The quantitative estimate of drug-likeness (QED) is 0.105. The third-order valence-electron chi connectivity index (χ3n) is 10.5. The normalized spacial score (nSPS) is 16.3. The molecule has 7 heteroatoms. The monoisotopic (exact) mass is 662 g/mol. The SMILES string of the molecule is C=CC(=O)Nc1cc(NC(/N=C(\C(=C/C)CC2CCC2)c2cn3c4c(cccc24)CCC3)=C(/C)CC)c(C(C)CC)cc1NCCN(C)C. The number of likely N-dealkylation sites (N-methyl/N-ethyl adjacent to an activating group) is 1. The van der Waals surface area contributed by atoms with Gasteiger partial charge >= 0.3 is 0 Å². The van der Waals surface area contributed by atoms with Crippen molar-refractivity contribution in [3.8, 4) is 0 Å². The fourth-order valence-corrected chi connectivity index (χ4v) is 6.95. The summed E-state index contributed by atoms with van der Waals surface area (Å²) in [6, 6.07) is 11.1. The molecule has 1 aromatic heterocycles. The molecule has 0 saturated heterocycles. The molecule has 3 N–H and O–H groups in total. The molecule has 262 valence electrons.